The van der Waals surface area contributed by atoms with Crippen LogP contribution in [0.25, 0.3) is 0 Å². The van der Waals surface area contributed by atoms with Gasteiger partial charge in [-0.05, 0) is 163 Å². The summed E-state index contributed by atoms with van der Waals surface area (Å²) in [4.78, 5) is 35.7. The predicted octanol–water partition coefficient (Wildman–Crippen LogP) is 11.2. The lowest BCUT2D eigenvalue weighted by Crippen LogP contribution is -2.56. The summed E-state index contributed by atoms with van der Waals surface area (Å²) in [6, 6.07) is 13.0. The number of nitrogens with one attached hydrogen (secondary N) is 1. The third kappa shape index (κ3) is 7.93. The van der Waals surface area contributed by atoms with Gasteiger partial charge in [-0.3, -0.25) is 14.6 Å². The summed E-state index contributed by atoms with van der Waals surface area (Å²) in [7, 11) is 4.04. The number of phenolic OH excluding ortho intramolecular Hbond substituents is 1. The van der Waals surface area contributed by atoms with E-state index in [1.54, 1.807) is 0 Å². The Labute approximate surface area is 441 Å². The Balaban J connectivity index is 0.934. The van der Waals surface area contributed by atoms with Crippen molar-refractivity contribution in [3.05, 3.63) is 70.8 Å². The van der Waals surface area contributed by atoms with Crippen LogP contribution in [0.4, 0.5) is 0 Å². The quantitative estimate of drug-likeness (QED) is 0.0992. The molecular formula is C61H78N4O6S2. The summed E-state index contributed by atoms with van der Waals surface area (Å²) in [5.74, 6) is 11.5. The summed E-state index contributed by atoms with van der Waals surface area (Å²) in [6.45, 7) is 2.69. The van der Waals surface area contributed by atoms with E-state index in [2.05, 4.69) is 65.7 Å². The van der Waals surface area contributed by atoms with Crippen LogP contribution in [0, 0.1) is 57.7 Å². The van der Waals surface area contributed by atoms with Gasteiger partial charge in [0.15, 0.2) is 17.5 Å². The zero-order valence-corrected chi connectivity index (χ0v) is 44.8. The fourth-order valence-electron chi connectivity index (χ4n) is 18.5. The molecule has 6 saturated carbocycles. The molecule has 5 spiro atoms. The molecule has 7 aliphatic carbocycles. The van der Waals surface area contributed by atoms with Crippen molar-refractivity contribution in [2.75, 3.05) is 18.8 Å². The highest BCUT2D eigenvalue weighted by Crippen LogP contribution is 2.67. The summed E-state index contributed by atoms with van der Waals surface area (Å²) < 4.78 is 13.8. The van der Waals surface area contributed by atoms with E-state index in [0.717, 1.165) is 120 Å². The number of aliphatic hydroxyl groups excluding tert-OH is 1. The van der Waals surface area contributed by atoms with Gasteiger partial charge < -0.3 is 35.6 Å². The lowest BCUT2D eigenvalue weighted by Gasteiger charge is -2.54. The number of aromatic hydroxyl groups is 1. The third-order valence-corrected chi connectivity index (χ3v) is 25.2. The van der Waals surface area contributed by atoms with Crippen LogP contribution in [-0.4, -0.2) is 74.0 Å². The standard InChI is InChI=1S/C61H78N4O6S2/c1-39(66)70-60-33-43-16-17-47(60)31-44-29-45(53(69)54-52(44)42-19-27-59(71-54)23-9-14-46(59)30-42)36-65-38-58(35-51(65)68)49(41-12-4-2-5-13-41)20-26-57(58)21-8-11-40-18-25-56(32-40)22-10-24-61(56,64-55(62)63-37-57)73-72-28-7-3-6-15-48(43)50(67)34-60/h2,4-5,12-13,19,27,29,40,42-43,46-50,67,69H,3,6-7,9-11,14-18,20,22-26,28,30-38H2,1H3,(H3,62,63,64)/t40-,42+,43-,46+,47-,48+,49+,50+,56+,57-,58-,59-,60-,61+/m0/s1. The molecule has 2 aromatic carbocycles. The average Bonchev–Trinajstić information content (AvgIpc) is 4.16. The minimum atomic E-state index is -0.782. The second-order valence-corrected chi connectivity index (χ2v) is 28.2. The first-order valence-corrected chi connectivity index (χ1v) is 31.0. The molecule has 10 nitrogen and oxygen atoms in total. The maximum absolute atomic E-state index is 15.3. The number of allylic oxidation sites excluding steroid dienone is 1. The topological polar surface area (TPSA) is 147 Å². The molecule has 15 rings (SSSR count). The molecule has 0 aromatic heterocycles. The minimum absolute atomic E-state index is 0.0206. The molecule has 5 N–H and O–H groups in total. The Morgan fingerprint density at radius 1 is 0.959 bits per heavy atom. The number of nitrogens with zero attached hydrogens (tertiary/aromatic N) is 2. The zero-order valence-electron chi connectivity index (χ0n) is 43.1. The number of carbonyl (C=O) groups is 2. The average molecular weight is 1030 g/mol. The molecule has 0 radical (unpaired) electrons. The molecule has 7 fully saturated rings. The normalized spacial score (nSPS) is 42.6. The van der Waals surface area contributed by atoms with Crippen molar-refractivity contribution in [1.82, 2.24) is 10.2 Å². The highest BCUT2D eigenvalue weighted by atomic mass is 33.1. The number of nitrogens with two attached hydrogens (primary N) is 1. The first-order valence-electron chi connectivity index (χ1n) is 28.7. The van der Waals surface area contributed by atoms with Crippen LogP contribution in [0.3, 0.4) is 0 Å². The van der Waals surface area contributed by atoms with E-state index in [1.807, 2.05) is 26.5 Å². The van der Waals surface area contributed by atoms with Gasteiger partial charge >= 0.3 is 5.97 Å². The van der Waals surface area contributed by atoms with E-state index in [9.17, 15) is 15.0 Å². The molecule has 390 valence electrons. The first-order chi connectivity index (χ1) is 35.4. The number of carbonyl (C=O) groups excluding carboxylic acids is 2. The predicted molar refractivity (Wildman–Crippen MR) is 289 cm³/mol. The molecule has 1 amide bonds. The van der Waals surface area contributed by atoms with Gasteiger partial charge in [0, 0.05) is 84.7 Å². The second kappa shape index (κ2) is 18.5. The van der Waals surface area contributed by atoms with E-state index in [0.29, 0.717) is 61.5 Å². The van der Waals surface area contributed by atoms with Crippen molar-refractivity contribution in [3.8, 4) is 23.3 Å². The van der Waals surface area contributed by atoms with Crippen molar-refractivity contribution in [3.63, 3.8) is 0 Å². The number of amides is 1. The molecule has 13 aliphatic rings. The van der Waals surface area contributed by atoms with Gasteiger partial charge in [0.05, 0.1) is 18.1 Å². The molecule has 1 saturated heterocycles. The van der Waals surface area contributed by atoms with Crippen LogP contribution in [0.5, 0.6) is 11.5 Å². The number of fused-ring (bicyclic) bond motifs is 9. The number of phenols is 1. The van der Waals surface area contributed by atoms with Crippen LogP contribution >= 0.6 is 21.6 Å². The van der Waals surface area contributed by atoms with E-state index in [-0.39, 0.29) is 64.0 Å². The van der Waals surface area contributed by atoms with E-state index >= 15 is 4.79 Å². The van der Waals surface area contributed by atoms with Crippen LogP contribution < -0.4 is 15.8 Å². The molecule has 6 aliphatic heterocycles. The molecule has 0 unspecified atom stereocenters. The van der Waals surface area contributed by atoms with E-state index < -0.39 is 28.1 Å². The Bertz CT molecular complexity index is 2650. The maximum atomic E-state index is 15.3. The van der Waals surface area contributed by atoms with Crippen molar-refractivity contribution >= 4 is 39.4 Å². The van der Waals surface area contributed by atoms with E-state index in [1.165, 1.54) is 38.2 Å². The fraction of sp³-hybridized carbons (Fsp3) is 0.689. The lowest BCUT2D eigenvalue weighted by atomic mass is 9.57. The van der Waals surface area contributed by atoms with Crippen LogP contribution in [-0.2, 0) is 27.3 Å². The molecule has 12 heteroatoms. The van der Waals surface area contributed by atoms with Gasteiger partial charge in [0.2, 0.25) is 5.91 Å². The number of aliphatic imine (C=N–C) groups is 1. The van der Waals surface area contributed by atoms with Crippen molar-refractivity contribution in [1.29, 1.82) is 0 Å². The largest absolute Gasteiger partial charge is 0.504 e. The molecule has 2 aromatic rings. The van der Waals surface area contributed by atoms with Gasteiger partial charge in [0.25, 0.3) is 0 Å². The lowest BCUT2D eigenvalue weighted by molar-refractivity contribution is -0.195. The van der Waals surface area contributed by atoms with Gasteiger partial charge in [0.1, 0.15) is 16.1 Å². The molecule has 14 bridgehead atoms. The Kier molecular flexibility index (Phi) is 12.3. The molecule has 14 atom stereocenters. The Morgan fingerprint density at radius 3 is 2.73 bits per heavy atom. The van der Waals surface area contributed by atoms with Gasteiger partial charge in [-0.15, -0.1) is 5.92 Å². The summed E-state index contributed by atoms with van der Waals surface area (Å²) in [5.41, 5.74) is 9.05. The van der Waals surface area contributed by atoms with Crippen LogP contribution in [0.2, 0.25) is 0 Å². The van der Waals surface area contributed by atoms with Crippen molar-refractivity contribution in [2.24, 2.45) is 56.6 Å². The van der Waals surface area contributed by atoms with Crippen LogP contribution in [0.1, 0.15) is 182 Å². The number of esters is 1. The number of rotatable bonds is 2. The van der Waals surface area contributed by atoms with Gasteiger partial charge in [-0.25, -0.2) is 0 Å². The number of hydrogen-bond acceptors (Lipinski definition) is 11. The third-order valence-electron chi connectivity index (χ3n) is 21.9. The first kappa shape index (κ1) is 48.8. The van der Waals surface area contributed by atoms with E-state index in [4.69, 9.17) is 20.2 Å². The Morgan fingerprint density at radius 2 is 1.85 bits per heavy atom. The monoisotopic (exact) mass is 1030 g/mol. The number of aliphatic hydroxyl groups is 1. The van der Waals surface area contributed by atoms with Gasteiger partial charge in [-0.1, -0.05) is 76.8 Å². The molecule has 6 heterocycles. The number of benzene rings is 2. The van der Waals surface area contributed by atoms with Gasteiger partial charge in [-0.2, -0.15) is 0 Å². The minimum Gasteiger partial charge on any atom is -0.504 e. The highest BCUT2D eigenvalue weighted by Gasteiger charge is 2.65. The van der Waals surface area contributed by atoms with Crippen molar-refractivity contribution in [2.45, 2.75) is 195 Å². The smallest absolute Gasteiger partial charge is 0.303 e. The highest BCUT2D eigenvalue weighted by molar-refractivity contribution is 8.77. The SMILES string of the molecule is CC(=O)O[C@]12C[C@@H]3CC[C@H]1Cc1cc(c(O)c4c1[C@@H]1C=C[C@]5(CCC[C@@H]5C1)O4)CN1C[C@@]4(CC1=O)[C@@H](c1ccccc1)CC[C@]41C#CC[C@H]4CC[C@]5(CCC[C@@]5(NC(N)=NC1)SSCCCCC[C@H]3[C@H](O)C2)C4. The number of guanidine groups is 1. The number of hydrogen-bond donors (Lipinski definition) is 4. The molecule has 73 heavy (non-hydrogen) atoms. The second-order valence-electron chi connectivity index (χ2n) is 25.5. The zero-order chi connectivity index (χ0) is 49.8. The van der Waals surface area contributed by atoms with Crippen molar-refractivity contribution < 1.29 is 29.3 Å². The summed E-state index contributed by atoms with van der Waals surface area (Å²) in [6.07, 6.45) is 26.1. The summed E-state index contributed by atoms with van der Waals surface area (Å²) >= 11 is 0. The van der Waals surface area contributed by atoms with Crippen LogP contribution in [0.15, 0.2) is 53.5 Å². The fourth-order valence-corrected chi connectivity index (χ4v) is 22.1. The Hall–Kier alpha value is -3.79. The molecular weight excluding hydrogens is 949 g/mol. The maximum Gasteiger partial charge on any atom is 0.303 e. The number of ether oxygens (including phenoxy) is 2. The summed E-state index contributed by atoms with van der Waals surface area (Å²) in [5, 5.41) is 29.0.